The largest absolute Gasteiger partial charge is 0.308 e. The predicted molar refractivity (Wildman–Crippen MR) is 84.2 cm³/mol. The predicted octanol–water partition coefficient (Wildman–Crippen LogP) is 2.72. The topological polar surface area (TPSA) is 40.6 Å². The maximum atomic E-state index is 12.6. The van der Waals surface area contributed by atoms with Crippen molar-refractivity contribution < 1.29 is 8.42 Å². The standard InChI is InChI=1S/C12H21BrN2O2S2/c1-10(2)9-15(8-7-14(3)4)19(16,17)12-6-5-11(13)18-12/h5-6,10H,7-9H2,1-4H3. The Balaban J connectivity index is 2.94. The molecule has 0 bridgehead atoms. The van der Waals surface area contributed by atoms with E-state index in [9.17, 15) is 8.42 Å². The Kier molecular flexibility index (Phi) is 6.46. The van der Waals surface area contributed by atoms with Crippen LogP contribution in [0.2, 0.25) is 0 Å². The van der Waals surface area contributed by atoms with Gasteiger partial charge in [-0.05, 0) is 48.1 Å². The first-order valence-electron chi connectivity index (χ1n) is 6.13. The van der Waals surface area contributed by atoms with Crippen LogP contribution >= 0.6 is 27.3 Å². The van der Waals surface area contributed by atoms with Crippen LogP contribution in [0.15, 0.2) is 20.1 Å². The van der Waals surface area contributed by atoms with Gasteiger partial charge in [0.25, 0.3) is 10.0 Å². The molecule has 1 heterocycles. The highest BCUT2D eigenvalue weighted by Gasteiger charge is 2.26. The van der Waals surface area contributed by atoms with Gasteiger partial charge in [-0.3, -0.25) is 0 Å². The molecule has 0 unspecified atom stereocenters. The fourth-order valence-electron chi connectivity index (χ4n) is 1.59. The summed E-state index contributed by atoms with van der Waals surface area (Å²) in [5.41, 5.74) is 0. The third-order valence-corrected chi connectivity index (χ3v) is 6.46. The molecular formula is C12H21BrN2O2S2. The minimum absolute atomic E-state index is 0.306. The van der Waals surface area contributed by atoms with E-state index in [4.69, 9.17) is 0 Å². The highest BCUT2D eigenvalue weighted by atomic mass is 79.9. The Morgan fingerprint density at radius 2 is 1.89 bits per heavy atom. The number of thiophene rings is 1. The Morgan fingerprint density at radius 3 is 2.32 bits per heavy atom. The lowest BCUT2D eigenvalue weighted by atomic mass is 10.2. The molecular weight excluding hydrogens is 348 g/mol. The molecule has 0 N–H and O–H groups in total. The summed E-state index contributed by atoms with van der Waals surface area (Å²) < 4.78 is 28.0. The van der Waals surface area contributed by atoms with Crippen molar-refractivity contribution in [3.8, 4) is 0 Å². The quantitative estimate of drug-likeness (QED) is 0.742. The van der Waals surface area contributed by atoms with Crippen LogP contribution in [0.25, 0.3) is 0 Å². The summed E-state index contributed by atoms with van der Waals surface area (Å²) in [6.07, 6.45) is 0. The van der Waals surface area contributed by atoms with Crippen LogP contribution in [0.5, 0.6) is 0 Å². The van der Waals surface area contributed by atoms with Gasteiger partial charge in [0.1, 0.15) is 4.21 Å². The lowest BCUT2D eigenvalue weighted by Crippen LogP contribution is -2.38. The monoisotopic (exact) mass is 368 g/mol. The Labute approximate surface area is 128 Å². The van der Waals surface area contributed by atoms with Crippen molar-refractivity contribution in [3.05, 3.63) is 15.9 Å². The molecule has 0 atom stereocenters. The molecule has 0 fully saturated rings. The number of hydrogen-bond acceptors (Lipinski definition) is 4. The SMILES string of the molecule is CC(C)CN(CCN(C)C)S(=O)(=O)c1ccc(Br)s1. The van der Waals surface area contributed by atoms with Gasteiger partial charge in [-0.15, -0.1) is 11.3 Å². The van der Waals surface area contributed by atoms with Gasteiger partial charge in [-0.2, -0.15) is 4.31 Å². The van der Waals surface area contributed by atoms with Crippen molar-refractivity contribution in [2.24, 2.45) is 5.92 Å². The minimum Gasteiger partial charge on any atom is -0.308 e. The minimum atomic E-state index is -3.38. The molecule has 0 spiro atoms. The molecule has 19 heavy (non-hydrogen) atoms. The van der Waals surface area contributed by atoms with Crippen LogP contribution in [0, 0.1) is 5.92 Å². The van der Waals surface area contributed by atoms with E-state index in [1.807, 2.05) is 32.8 Å². The molecule has 0 saturated carbocycles. The molecule has 110 valence electrons. The fraction of sp³-hybridized carbons (Fsp3) is 0.667. The lowest BCUT2D eigenvalue weighted by molar-refractivity contribution is 0.313. The molecule has 7 heteroatoms. The summed E-state index contributed by atoms with van der Waals surface area (Å²) in [6.45, 7) is 5.85. The third-order valence-electron chi connectivity index (χ3n) is 2.51. The summed E-state index contributed by atoms with van der Waals surface area (Å²) in [7, 11) is 0.517. The molecule has 0 amide bonds. The van der Waals surface area contributed by atoms with Crippen LogP contribution in [0.3, 0.4) is 0 Å². The van der Waals surface area contributed by atoms with E-state index in [2.05, 4.69) is 15.9 Å². The van der Waals surface area contributed by atoms with Crippen LogP contribution in [0.1, 0.15) is 13.8 Å². The molecule has 0 aliphatic carbocycles. The molecule has 4 nitrogen and oxygen atoms in total. The van der Waals surface area contributed by atoms with E-state index >= 15 is 0 Å². The van der Waals surface area contributed by atoms with Gasteiger partial charge < -0.3 is 4.90 Å². The first kappa shape index (κ1) is 17.1. The van der Waals surface area contributed by atoms with Crippen molar-refractivity contribution >= 4 is 37.3 Å². The van der Waals surface area contributed by atoms with Gasteiger partial charge in [0, 0.05) is 19.6 Å². The average molecular weight is 369 g/mol. The molecule has 1 rings (SSSR count). The van der Waals surface area contributed by atoms with Crippen molar-refractivity contribution in [3.63, 3.8) is 0 Å². The maximum absolute atomic E-state index is 12.6. The molecule has 0 saturated heterocycles. The second-order valence-corrected chi connectivity index (χ2v) is 9.75. The van der Waals surface area contributed by atoms with Gasteiger partial charge in [0.15, 0.2) is 0 Å². The van der Waals surface area contributed by atoms with E-state index in [1.54, 1.807) is 16.4 Å². The zero-order valence-electron chi connectivity index (χ0n) is 11.8. The number of halogens is 1. The Morgan fingerprint density at radius 1 is 1.26 bits per heavy atom. The van der Waals surface area contributed by atoms with Gasteiger partial charge in [-0.25, -0.2) is 8.42 Å². The van der Waals surface area contributed by atoms with Crippen LogP contribution in [0.4, 0.5) is 0 Å². The highest BCUT2D eigenvalue weighted by molar-refractivity contribution is 9.11. The summed E-state index contributed by atoms with van der Waals surface area (Å²) >= 11 is 4.57. The second-order valence-electron chi connectivity index (χ2n) is 5.12. The van der Waals surface area contributed by atoms with Crippen LogP contribution in [-0.4, -0.2) is 51.4 Å². The fourth-order valence-corrected chi connectivity index (χ4v) is 5.35. The summed E-state index contributed by atoms with van der Waals surface area (Å²) in [4.78, 5) is 1.99. The first-order chi connectivity index (χ1) is 8.73. The van der Waals surface area contributed by atoms with E-state index in [0.29, 0.717) is 23.2 Å². The molecule has 1 aromatic heterocycles. The first-order valence-corrected chi connectivity index (χ1v) is 9.18. The summed E-state index contributed by atoms with van der Waals surface area (Å²) in [5, 5.41) is 0. The van der Waals surface area contributed by atoms with Gasteiger partial charge in [-0.1, -0.05) is 13.8 Å². The Hall–Kier alpha value is 0.0500. The summed E-state index contributed by atoms with van der Waals surface area (Å²) in [5.74, 6) is 0.306. The van der Waals surface area contributed by atoms with E-state index in [1.165, 1.54) is 11.3 Å². The summed E-state index contributed by atoms with van der Waals surface area (Å²) in [6, 6.07) is 3.43. The number of likely N-dealkylation sites (N-methyl/N-ethyl adjacent to an activating group) is 1. The van der Waals surface area contributed by atoms with Crippen molar-refractivity contribution in [2.45, 2.75) is 18.1 Å². The van der Waals surface area contributed by atoms with Gasteiger partial charge in [0.2, 0.25) is 0 Å². The second kappa shape index (κ2) is 7.17. The van der Waals surface area contributed by atoms with Crippen molar-refractivity contribution in [2.75, 3.05) is 33.7 Å². The van der Waals surface area contributed by atoms with Gasteiger partial charge in [0.05, 0.1) is 3.79 Å². The van der Waals surface area contributed by atoms with Crippen molar-refractivity contribution in [1.82, 2.24) is 9.21 Å². The molecule has 1 aromatic rings. The zero-order chi connectivity index (χ0) is 14.6. The number of nitrogens with zero attached hydrogens (tertiary/aromatic N) is 2. The molecule has 0 aliphatic rings. The average Bonchev–Trinajstić information content (AvgIpc) is 2.70. The van der Waals surface area contributed by atoms with Crippen LogP contribution in [-0.2, 0) is 10.0 Å². The van der Waals surface area contributed by atoms with Crippen molar-refractivity contribution in [1.29, 1.82) is 0 Å². The lowest BCUT2D eigenvalue weighted by Gasteiger charge is -2.24. The van der Waals surface area contributed by atoms with Gasteiger partial charge >= 0.3 is 0 Å². The normalized spacial score (nSPS) is 12.8. The molecule has 0 radical (unpaired) electrons. The smallest absolute Gasteiger partial charge is 0.252 e. The van der Waals surface area contributed by atoms with Crippen LogP contribution < -0.4 is 0 Å². The molecule has 0 aliphatic heterocycles. The van der Waals surface area contributed by atoms with E-state index in [-0.39, 0.29) is 0 Å². The number of rotatable bonds is 7. The van der Waals surface area contributed by atoms with E-state index in [0.717, 1.165) is 10.3 Å². The maximum Gasteiger partial charge on any atom is 0.252 e. The van der Waals surface area contributed by atoms with E-state index < -0.39 is 10.0 Å². The molecule has 0 aromatic carbocycles. The Bertz CT molecular complexity index is 498. The highest BCUT2D eigenvalue weighted by Crippen LogP contribution is 2.28. The number of hydrogen-bond donors (Lipinski definition) is 0. The zero-order valence-corrected chi connectivity index (χ0v) is 15.0. The number of sulfonamides is 1. The third kappa shape index (κ3) is 5.15.